The Balaban J connectivity index is 1.88. The van der Waals surface area contributed by atoms with Crippen molar-refractivity contribution < 1.29 is 13.9 Å². The predicted molar refractivity (Wildman–Crippen MR) is 84.2 cm³/mol. The molecule has 1 heterocycles. The summed E-state index contributed by atoms with van der Waals surface area (Å²) in [6.07, 6.45) is 0.690. The van der Waals surface area contributed by atoms with Crippen molar-refractivity contribution in [2.24, 2.45) is 0 Å². The maximum absolute atomic E-state index is 12.9. The number of benzene rings is 1. The van der Waals surface area contributed by atoms with Crippen molar-refractivity contribution in [2.75, 3.05) is 39.3 Å². The van der Waals surface area contributed by atoms with Crippen molar-refractivity contribution in [3.8, 4) is 0 Å². The van der Waals surface area contributed by atoms with E-state index in [9.17, 15) is 9.18 Å². The van der Waals surface area contributed by atoms with E-state index in [2.05, 4.69) is 18.7 Å². The lowest BCUT2D eigenvalue weighted by Crippen LogP contribution is -2.49. The Morgan fingerprint density at radius 3 is 2.64 bits per heavy atom. The lowest BCUT2D eigenvalue weighted by Gasteiger charge is -2.34. The molecule has 1 atom stereocenters. The van der Waals surface area contributed by atoms with E-state index in [4.69, 9.17) is 4.74 Å². The molecular formula is C17H25FN2O2. The molecule has 5 heteroatoms. The molecule has 4 nitrogen and oxygen atoms in total. The first-order valence-electron chi connectivity index (χ1n) is 7.98. The average Bonchev–Trinajstić information content (AvgIpc) is 2.55. The van der Waals surface area contributed by atoms with Crippen molar-refractivity contribution >= 4 is 5.91 Å². The van der Waals surface area contributed by atoms with Crippen LogP contribution in [0, 0.1) is 5.82 Å². The lowest BCUT2D eigenvalue weighted by atomic mass is 10.1. The zero-order valence-corrected chi connectivity index (χ0v) is 13.4. The largest absolute Gasteiger partial charge is 0.374 e. The highest BCUT2D eigenvalue weighted by Crippen LogP contribution is 2.13. The SMILES string of the molecule is CCN(CC)CC(=O)N1CCOC(Cc2ccc(F)cc2)C1. The van der Waals surface area contributed by atoms with E-state index in [1.54, 1.807) is 12.1 Å². The minimum absolute atomic E-state index is 0.0140. The van der Waals surface area contributed by atoms with Crippen LogP contribution in [0.3, 0.4) is 0 Å². The van der Waals surface area contributed by atoms with E-state index in [0.29, 0.717) is 32.7 Å². The van der Waals surface area contributed by atoms with Crippen LogP contribution in [0.1, 0.15) is 19.4 Å². The van der Waals surface area contributed by atoms with Gasteiger partial charge in [-0.25, -0.2) is 4.39 Å². The van der Waals surface area contributed by atoms with E-state index >= 15 is 0 Å². The molecule has 0 saturated carbocycles. The minimum atomic E-state index is -0.232. The number of hydrogen-bond donors (Lipinski definition) is 0. The number of likely N-dealkylation sites (N-methyl/N-ethyl adjacent to an activating group) is 1. The Kier molecular flexibility index (Phi) is 6.34. The fourth-order valence-electron chi connectivity index (χ4n) is 2.69. The Morgan fingerprint density at radius 1 is 1.32 bits per heavy atom. The Hall–Kier alpha value is -1.46. The first-order valence-corrected chi connectivity index (χ1v) is 7.98. The number of rotatable bonds is 6. The second kappa shape index (κ2) is 8.25. The summed E-state index contributed by atoms with van der Waals surface area (Å²) in [5.41, 5.74) is 1.03. The van der Waals surface area contributed by atoms with E-state index in [-0.39, 0.29) is 17.8 Å². The zero-order valence-electron chi connectivity index (χ0n) is 13.4. The third-order valence-corrected chi connectivity index (χ3v) is 4.12. The van der Waals surface area contributed by atoms with Gasteiger partial charge in [-0.3, -0.25) is 9.69 Å². The number of hydrogen-bond acceptors (Lipinski definition) is 3. The van der Waals surface area contributed by atoms with Crippen LogP contribution in [0.5, 0.6) is 0 Å². The molecule has 2 rings (SSSR count). The molecule has 0 radical (unpaired) electrons. The van der Waals surface area contributed by atoms with E-state index in [0.717, 1.165) is 18.7 Å². The van der Waals surface area contributed by atoms with Gasteiger partial charge in [0.2, 0.25) is 5.91 Å². The minimum Gasteiger partial charge on any atom is -0.374 e. The van der Waals surface area contributed by atoms with Crippen LogP contribution in [0.4, 0.5) is 4.39 Å². The van der Waals surface area contributed by atoms with Crippen molar-refractivity contribution in [1.82, 2.24) is 9.80 Å². The molecule has 0 N–H and O–H groups in total. The highest BCUT2D eigenvalue weighted by Gasteiger charge is 2.25. The van der Waals surface area contributed by atoms with Gasteiger partial charge in [-0.15, -0.1) is 0 Å². The van der Waals surface area contributed by atoms with Gasteiger partial charge in [-0.05, 0) is 30.8 Å². The summed E-state index contributed by atoms with van der Waals surface area (Å²) >= 11 is 0. The van der Waals surface area contributed by atoms with E-state index in [1.807, 2.05) is 4.90 Å². The Labute approximate surface area is 131 Å². The Morgan fingerprint density at radius 2 is 2.00 bits per heavy atom. The number of nitrogens with zero attached hydrogens (tertiary/aromatic N) is 2. The average molecular weight is 308 g/mol. The summed E-state index contributed by atoms with van der Waals surface area (Å²) in [4.78, 5) is 16.4. The van der Waals surface area contributed by atoms with E-state index < -0.39 is 0 Å². The van der Waals surface area contributed by atoms with Gasteiger partial charge < -0.3 is 9.64 Å². The number of morpholine rings is 1. The molecule has 1 aliphatic heterocycles. The first kappa shape index (κ1) is 16.9. The molecular weight excluding hydrogens is 283 g/mol. The van der Waals surface area contributed by atoms with Gasteiger partial charge in [0.1, 0.15) is 5.82 Å². The van der Waals surface area contributed by atoms with Crippen molar-refractivity contribution in [2.45, 2.75) is 26.4 Å². The van der Waals surface area contributed by atoms with Gasteiger partial charge in [0, 0.05) is 19.5 Å². The summed E-state index contributed by atoms with van der Waals surface area (Å²) in [5.74, 6) is -0.0690. The molecule has 1 amide bonds. The molecule has 0 spiro atoms. The van der Waals surface area contributed by atoms with Crippen LogP contribution in [0.25, 0.3) is 0 Å². The van der Waals surface area contributed by atoms with Gasteiger partial charge in [0.05, 0.1) is 19.3 Å². The summed E-state index contributed by atoms with van der Waals surface area (Å²) in [6, 6.07) is 6.47. The molecule has 1 aliphatic rings. The third-order valence-electron chi connectivity index (χ3n) is 4.12. The quantitative estimate of drug-likeness (QED) is 0.805. The number of carbonyl (C=O) groups is 1. The van der Waals surface area contributed by atoms with Crippen LogP contribution in [-0.2, 0) is 16.0 Å². The molecule has 1 aromatic rings. The normalized spacial score (nSPS) is 18.7. The molecule has 0 aliphatic carbocycles. The van der Waals surface area contributed by atoms with Gasteiger partial charge in [-0.1, -0.05) is 26.0 Å². The van der Waals surface area contributed by atoms with Crippen molar-refractivity contribution in [1.29, 1.82) is 0 Å². The Bertz CT molecular complexity index is 474. The van der Waals surface area contributed by atoms with Crippen LogP contribution in [-0.4, -0.2) is 61.1 Å². The van der Waals surface area contributed by atoms with Gasteiger partial charge >= 0.3 is 0 Å². The maximum atomic E-state index is 12.9. The second-order valence-electron chi connectivity index (χ2n) is 5.62. The standard InChI is InChI=1S/C17H25FN2O2/c1-3-19(4-2)13-17(21)20-9-10-22-16(12-20)11-14-5-7-15(18)8-6-14/h5-8,16H,3-4,9-13H2,1-2H3. The fourth-order valence-corrected chi connectivity index (χ4v) is 2.69. The summed E-state index contributed by atoms with van der Waals surface area (Å²) in [5, 5.41) is 0. The number of ether oxygens (including phenoxy) is 1. The number of amides is 1. The van der Waals surface area contributed by atoms with Gasteiger partial charge in [0.15, 0.2) is 0 Å². The maximum Gasteiger partial charge on any atom is 0.236 e. The highest BCUT2D eigenvalue weighted by atomic mass is 19.1. The molecule has 0 bridgehead atoms. The first-order chi connectivity index (χ1) is 10.6. The second-order valence-corrected chi connectivity index (χ2v) is 5.62. The van der Waals surface area contributed by atoms with Crippen molar-refractivity contribution in [3.63, 3.8) is 0 Å². The molecule has 0 aromatic heterocycles. The molecule has 1 fully saturated rings. The van der Waals surface area contributed by atoms with Crippen LogP contribution < -0.4 is 0 Å². The fraction of sp³-hybridized carbons (Fsp3) is 0.588. The van der Waals surface area contributed by atoms with Gasteiger partial charge in [0.25, 0.3) is 0 Å². The lowest BCUT2D eigenvalue weighted by molar-refractivity contribution is -0.139. The zero-order chi connectivity index (χ0) is 15.9. The number of carbonyl (C=O) groups excluding carboxylic acids is 1. The number of halogens is 1. The molecule has 122 valence electrons. The molecule has 1 saturated heterocycles. The summed E-state index contributed by atoms with van der Waals surface area (Å²) in [6.45, 7) is 8.18. The smallest absolute Gasteiger partial charge is 0.236 e. The summed E-state index contributed by atoms with van der Waals surface area (Å²) in [7, 11) is 0. The molecule has 1 aromatic carbocycles. The van der Waals surface area contributed by atoms with Gasteiger partial charge in [-0.2, -0.15) is 0 Å². The van der Waals surface area contributed by atoms with Crippen LogP contribution in [0.2, 0.25) is 0 Å². The molecule has 22 heavy (non-hydrogen) atoms. The topological polar surface area (TPSA) is 32.8 Å². The predicted octanol–water partition coefficient (Wildman–Crippen LogP) is 1.94. The highest BCUT2D eigenvalue weighted by molar-refractivity contribution is 5.78. The monoisotopic (exact) mass is 308 g/mol. The third kappa shape index (κ3) is 4.78. The molecule has 1 unspecified atom stereocenters. The van der Waals surface area contributed by atoms with Crippen LogP contribution >= 0.6 is 0 Å². The van der Waals surface area contributed by atoms with Crippen molar-refractivity contribution in [3.05, 3.63) is 35.6 Å². The summed E-state index contributed by atoms with van der Waals surface area (Å²) < 4.78 is 18.7. The van der Waals surface area contributed by atoms with E-state index in [1.165, 1.54) is 12.1 Å². The van der Waals surface area contributed by atoms with Crippen LogP contribution in [0.15, 0.2) is 24.3 Å².